The van der Waals surface area contributed by atoms with Gasteiger partial charge in [0.15, 0.2) is 5.58 Å². The van der Waals surface area contributed by atoms with Gasteiger partial charge in [0.05, 0.1) is 11.1 Å². The van der Waals surface area contributed by atoms with Gasteiger partial charge in [-0.05, 0) is 42.8 Å². The second-order valence-corrected chi connectivity index (χ2v) is 5.62. The van der Waals surface area contributed by atoms with Crippen LogP contribution in [0.2, 0.25) is 0 Å². The molecule has 1 aliphatic rings. The van der Waals surface area contributed by atoms with E-state index in [0.717, 1.165) is 11.1 Å². The number of aryl methyl sites for hydroxylation is 1. The number of carboxylic acids is 1. The molecule has 3 aromatic rings. The molecule has 6 heteroatoms. The van der Waals surface area contributed by atoms with Crippen molar-refractivity contribution in [3.63, 3.8) is 0 Å². The Kier molecular flexibility index (Phi) is 3.14. The number of nitrogens with zero attached hydrogens (tertiary/aromatic N) is 1. The van der Waals surface area contributed by atoms with Crippen molar-refractivity contribution in [1.29, 1.82) is 0 Å². The van der Waals surface area contributed by atoms with E-state index in [9.17, 15) is 9.90 Å². The quantitative estimate of drug-likeness (QED) is 0.753. The summed E-state index contributed by atoms with van der Waals surface area (Å²) >= 11 is 0. The number of fused-ring (bicyclic) bond motifs is 2. The summed E-state index contributed by atoms with van der Waals surface area (Å²) in [7, 11) is 0. The number of oxazole rings is 1. The highest BCUT2D eigenvalue weighted by molar-refractivity contribution is 5.93. The summed E-state index contributed by atoms with van der Waals surface area (Å²) in [5.74, 6) is -0.243. The van der Waals surface area contributed by atoms with Gasteiger partial charge < -0.3 is 19.4 Å². The average Bonchev–Trinajstić information content (AvgIpc) is 2.96. The minimum absolute atomic E-state index is 0.123. The Morgan fingerprint density at radius 3 is 2.83 bits per heavy atom. The van der Waals surface area contributed by atoms with Crippen molar-refractivity contribution in [1.82, 2.24) is 4.98 Å². The summed E-state index contributed by atoms with van der Waals surface area (Å²) in [5.41, 5.74) is 3.21. The van der Waals surface area contributed by atoms with Gasteiger partial charge in [-0.15, -0.1) is 0 Å². The summed E-state index contributed by atoms with van der Waals surface area (Å²) in [5, 5.41) is 19.3. The monoisotopic (exact) mass is 323 g/mol. The number of hydrogen-bond donors (Lipinski definition) is 2. The van der Waals surface area contributed by atoms with Crippen LogP contribution in [0, 0.1) is 6.92 Å². The number of carboxylic acid groups (broad SMARTS) is 1. The van der Waals surface area contributed by atoms with Gasteiger partial charge in [-0.1, -0.05) is 12.1 Å². The number of aromatic nitrogens is 1. The minimum Gasteiger partial charge on any atom is -0.478 e. The number of carbonyl (C=O) groups is 1. The Morgan fingerprint density at radius 1 is 1.21 bits per heavy atom. The third kappa shape index (κ3) is 2.33. The number of rotatable bonds is 2. The van der Waals surface area contributed by atoms with Crippen LogP contribution in [0.25, 0.3) is 22.7 Å². The van der Waals surface area contributed by atoms with Gasteiger partial charge >= 0.3 is 5.97 Å². The molecule has 0 saturated carbocycles. The predicted molar refractivity (Wildman–Crippen MR) is 86.7 cm³/mol. The maximum atomic E-state index is 11.0. The number of aromatic carboxylic acids is 1. The molecule has 0 amide bonds. The second-order valence-electron chi connectivity index (χ2n) is 5.62. The molecule has 1 atom stereocenters. The van der Waals surface area contributed by atoms with Crippen LogP contribution in [0.4, 0.5) is 0 Å². The fourth-order valence-corrected chi connectivity index (χ4v) is 2.64. The van der Waals surface area contributed by atoms with Gasteiger partial charge in [0, 0.05) is 5.56 Å². The molecule has 0 spiro atoms. The van der Waals surface area contributed by atoms with Crippen LogP contribution in [0.1, 0.15) is 27.4 Å². The molecule has 0 bridgehead atoms. The van der Waals surface area contributed by atoms with Crippen LogP contribution < -0.4 is 4.74 Å². The molecule has 1 unspecified atom stereocenters. The Balaban J connectivity index is 1.81. The minimum atomic E-state index is -1.20. The van der Waals surface area contributed by atoms with E-state index in [1.807, 2.05) is 25.1 Å². The first-order valence-corrected chi connectivity index (χ1v) is 7.32. The molecule has 2 N–H and O–H groups in total. The molecular formula is C18H13NO5. The molecule has 0 fully saturated rings. The van der Waals surface area contributed by atoms with E-state index in [1.165, 1.54) is 12.1 Å². The molecule has 24 heavy (non-hydrogen) atoms. The standard InChI is InChI=1S/C18H13NO5/c1-9-2-3-10-7-12(18(22)24-15(10)6-9)16-19-13-8-11(17(20)21)4-5-14(13)23-16/h2-8,18,22H,1H3,(H,20,21). The molecule has 1 aromatic heterocycles. The first-order valence-electron chi connectivity index (χ1n) is 7.32. The van der Waals surface area contributed by atoms with Crippen LogP contribution in [-0.2, 0) is 0 Å². The Morgan fingerprint density at radius 2 is 2.04 bits per heavy atom. The Bertz CT molecular complexity index is 1000. The number of aliphatic hydroxyl groups is 1. The molecule has 0 radical (unpaired) electrons. The zero-order chi connectivity index (χ0) is 16.8. The number of ether oxygens (including phenoxy) is 1. The van der Waals surface area contributed by atoms with Crippen molar-refractivity contribution in [2.75, 3.05) is 0 Å². The SMILES string of the molecule is Cc1ccc2c(c1)OC(O)C(c1nc3cc(C(=O)O)ccc3o1)=C2. The number of aliphatic hydroxyl groups excluding tert-OH is 1. The van der Waals surface area contributed by atoms with Crippen molar-refractivity contribution in [3.05, 3.63) is 59.0 Å². The molecule has 0 saturated heterocycles. The van der Waals surface area contributed by atoms with Gasteiger partial charge in [0.2, 0.25) is 12.2 Å². The summed E-state index contributed by atoms with van der Waals surface area (Å²) in [6.07, 6.45) is 0.553. The van der Waals surface area contributed by atoms with Crippen molar-refractivity contribution in [2.24, 2.45) is 0 Å². The maximum absolute atomic E-state index is 11.0. The van der Waals surface area contributed by atoms with E-state index in [1.54, 1.807) is 12.1 Å². The lowest BCUT2D eigenvalue weighted by Crippen LogP contribution is -2.21. The van der Waals surface area contributed by atoms with Crippen molar-refractivity contribution in [2.45, 2.75) is 13.2 Å². The van der Waals surface area contributed by atoms with Gasteiger partial charge in [-0.25, -0.2) is 9.78 Å². The van der Waals surface area contributed by atoms with Gasteiger partial charge in [0.25, 0.3) is 0 Å². The molecular weight excluding hydrogens is 310 g/mol. The van der Waals surface area contributed by atoms with E-state index in [2.05, 4.69) is 4.98 Å². The summed E-state index contributed by atoms with van der Waals surface area (Å²) in [6, 6.07) is 10.1. The van der Waals surface area contributed by atoms with Crippen LogP contribution in [0.15, 0.2) is 40.8 Å². The number of hydrogen-bond acceptors (Lipinski definition) is 5. The predicted octanol–water partition coefficient (Wildman–Crippen LogP) is 3.09. The van der Waals surface area contributed by atoms with Crippen LogP contribution in [0.3, 0.4) is 0 Å². The van der Waals surface area contributed by atoms with Crippen molar-refractivity contribution in [3.8, 4) is 5.75 Å². The topological polar surface area (TPSA) is 92.8 Å². The molecule has 0 aliphatic carbocycles. The highest BCUT2D eigenvalue weighted by atomic mass is 16.6. The molecule has 1 aliphatic heterocycles. The van der Waals surface area contributed by atoms with E-state index in [0.29, 0.717) is 22.4 Å². The highest BCUT2D eigenvalue weighted by Gasteiger charge is 2.26. The second kappa shape index (κ2) is 5.21. The maximum Gasteiger partial charge on any atom is 0.335 e. The van der Waals surface area contributed by atoms with Crippen molar-refractivity contribution >= 4 is 28.7 Å². The molecule has 6 nitrogen and oxygen atoms in total. The fraction of sp³-hybridized carbons (Fsp3) is 0.111. The lowest BCUT2D eigenvalue weighted by atomic mass is 10.0. The third-order valence-corrected chi connectivity index (χ3v) is 3.87. The van der Waals surface area contributed by atoms with E-state index < -0.39 is 12.3 Å². The zero-order valence-corrected chi connectivity index (χ0v) is 12.7. The van der Waals surface area contributed by atoms with E-state index in [4.69, 9.17) is 14.3 Å². The van der Waals surface area contributed by atoms with E-state index in [-0.39, 0.29) is 11.5 Å². The Hall–Kier alpha value is -3.12. The lowest BCUT2D eigenvalue weighted by Gasteiger charge is -2.21. The fourth-order valence-electron chi connectivity index (χ4n) is 2.64. The average molecular weight is 323 g/mol. The number of benzene rings is 2. The first kappa shape index (κ1) is 14.5. The zero-order valence-electron chi connectivity index (χ0n) is 12.7. The van der Waals surface area contributed by atoms with Crippen LogP contribution in [0.5, 0.6) is 5.75 Å². The Labute approximate surface area is 136 Å². The van der Waals surface area contributed by atoms with E-state index >= 15 is 0 Å². The van der Waals surface area contributed by atoms with Gasteiger partial charge in [-0.2, -0.15) is 0 Å². The van der Waals surface area contributed by atoms with Gasteiger partial charge in [0.1, 0.15) is 11.3 Å². The molecule has 4 rings (SSSR count). The first-order chi connectivity index (χ1) is 11.5. The summed E-state index contributed by atoms with van der Waals surface area (Å²) < 4.78 is 11.2. The third-order valence-electron chi connectivity index (χ3n) is 3.87. The lowest BCUT2D eigenvalue weighted by molar-refractivity contribution is 0.0305. The highest BCUT2D eigenvalue weighted by Crippen LogP contribution is 2.34. The normalized spacial score (nSPS) is 16.4. The van der Waals surface area contributed by atoms with Crippen LogP contribution in [-0.4, -0.2) is 27.5 Å². The summed E-state index contributed by atoms with van der Waals surface area (Å²) in [6.45, 7) is 1.94. The molecule has 2 aromatic carbocycles. The molecule has 2 heterocycles. The van der Waals surface area contributed by atoms with Crippen LogP contribution >= 0.6 is 0 Å². The summed E-state index contributed by atoms with van der Waals surface area (Å²) in [4.78, 5) is 15.3. The molecule has 120 valence electrons. The van der Waals surface area contributed by atoms with Crippen molar-refractivity contribution < 1.29 is 24.2 Å². The smallest absolute Gasteiger partial charge is 0.335 e. The largest absolute Gasteiger partial charge is 0.478 e. The van der Waals surface area contributed by atoms with Gasteiger partial charge in [-0.3, -0.25) is 0 Å².